The molecule has 3 aromatic carbocycles. The molecule has 0 aromatic heterocycles. The van der Waals surface area contributed by atoms with Crippen LogP contribution in [0, 0.1) is 17.8 Å². The van der Waals surface area contributed by atoms with Gasteiger partial charge in [-0.3, -0.25) is 9.59 Å². The zero-order valence-electron chi connectivity index (χ0n) is 18.5. The normalized spacial score (nSPS) is 16.3. The number of aliphatic hydroxyl groups is 1. The van der Waals surface area contributed by atoms with Gasteiger partial charge in [-0.2, -0.15) is 0 Å². The summed E-state index contributed by atoms with van der Waals surface area (Å²) >= 11 is 0. The fraction of sp³-hybridized carbons (Fsp3) is 0.286. The number of carbonyl (C=O) groups is 2. The van der Waals surface area contributed by atoms with Crippen molar-refractivity contribution in [3.63, 3.8) is 0 Å². The lowest BCUT2D eigenvalue weighted by molar-refractivity contribution is 0.0637. The average Bonchev–Trinajstić information content (AvgIpc) is 2.81. The topological polar surface area (TPSA) is 57.6 Å². The van der Waals surface area contributed by atoms with Crippen molar-refractivity contribution in [2.75, 3.05) is 13.1 Å². The van der Waals surface area contributed by atoms with Gasteiger partial charge in [-0.1, -0.05) is 48.2 Å². The molecule has 0 spiro atoms. The van der Waals surface area contributed by atoms with Crippen LogP contribution in [-0.4, -0.2) is 40.4 Å². The van der Waals surface area contributed by atoms with Gasteiger partial charge in [0, 0.05) is 35.7 Å². The third-order valence-corrected chi connectivity index (χ3v) is 5.76. The minimum absolute atomic E-state index is 0.0667. The highest BCUT2D eigenvalue weighted by Crippen LogP contribution is 2.24. The summed E-state index contributed by atoms with van der Waals surface area (Å²) in [5, 5.41) is 11.9. The van der Waals surface area contributed by atoms with Crippen molar-refractivity contribution < 1.29 is 14.7 Å². The molecule has 4 rings (SSSR count). The number of rotatable bonds is 3. The van der Waals surface area contributed by atoms with E-state index < -0.39 is 5.60 Å². The van der Waals surface area contributed by atoms with E-state index in [9.17, 15) is 14.7 Å². The minimum atomic E-state index is -1.06. The molecular formula is C28H27NO3. The number of hydrogen-bond acceptors (Lipinski definition) is 3. The summed E-state index contributed by atoms with van der Waals surface area (Å²) in [6.45, 7) is 4.35. The molecule has 0 aliphatic carbocycles. The van der Waals surface area contributed by atoms with E-state index in [2.05, 4.69) is 11.8 Å². The van der Waals surface area contributed by atoms with Crippen LogP contribution in [0.4, 0.5) is 0 Å². The Morgan fingerprint density at radius 3 is 2.38 bits per heavy atom. The molecule has 1 aliphatic rings. The van der Waals surface area contributed by atoms with Crippen molar-refractivity contribution in [2.45, 2.75) is 32.3 Å². The van der Waals surface area contributed by atoms with Crippen LogP contribution >= 0.6 is 0 Å². The highest BCUT2D eigenvalue weighted by molar-refractivity contribution is 6.02. The Morgan fingerprint density at radius 1 is 0.969 bits per heavy atom. The van der Waals surface area contributed by atoms with Gasteiger partial charge >= 0.3 is 0 Å². The fourth-order valence-corrected chi connectivity index (χ4v) is 4.06. The number of benzene rings is 3. The molecule has 1 N–H and O–H groups in total. The summed E-state index contributed by atoms with van der Waals surface area (Å²) in [6.07, 6.45) is 1.60. The number of amides is 1. The SMILES string of the molecule is CC(C)(O)C#Cc1ccc(C(=O)N2CCCC(C(=O)c3ccc4ccccc4c3)C2)cc1. The second-order valence-electron chi connectivity index (χ2n) is 8.90. The lowest BCUT2D eigenvalue weighted by atomic mass is 9.89. The van der Waals surface area contributed by atoms with E-state index in [0.29, 0.717) is 24.2 Å². The second kappa shape index (κ2) is 8.98. The minimum Gasteiger partial charge on any atom is -0.378 e. The fourth-order valence-electron chi connectivity index (χ4n) is 4.06. The Bertz CT molecular complexity index is 1210. The van der Waals surface area contributed by atoms with Gasteiger partial charge in [-0.05, 0) is 67.8 Å². The molecule has 1 aliphatic heterocycles. The van der Waals surface area contributed by atoms with Crippen molar-refractivity contribution in [3.8, 4) is 11.8 Å². The maximum atomic E-state index is 13.2. The van der Waals surface area contributed by atoms with E-state index in [1.54, 1.807) is 43.0 Å². The molecule has 162 valence electrons. The van der Waals surface area contributed by atoms with E-state index in [-0.39, 0.29) is 17.6 Å². The molecule has 1 heterocycles. The number of carbonyl (C=O) groups excluding carboxylic acids is 2. The lowest BCUT2D eigenvalue weighted by Crippen LogP contribution is -2.42. The van der Waals surface area contributed by atoms with Crippen LogP contribution in [0.5, 0.6) is 0 Å². The van der Waals surface area contributed by atoms with E-state index in [1.165, 1.54) is 0 Å². The highest BCUT2D eigenvalue weighted by Gasteiger charge is 2.29. The number of nitrogens with zero attached hydrogens (tertiary/aromatic N) is 1. The molecule has 1 fully saturated rings. The Kier molecular flexibility index (Phi) is 6.12. The first-order valence-corrected chi connectivity index (χ1v) is 11.0. The number of likely N-dealkylation sites (tertiary alicyclic amines) is 1. The Labute approximate surface area is 188 Å². The van der Waals surface area contributed by atoms with E-state index in [1.807, 2.05) is 42.5 Å². The maximum Gasteiger partial charge on any atom is 0.253 e. The number of Topliss-reactive ketones (excluding diaryl/α,β-unsaturated/α-hetero) is 1. The summed E-state index contributed by atoms with van der Waals surface area (Å²) in [4.78, 5) is 28.0. The van der Waals surface area contributed by atoms with Crippen molar-refractivity contribution in [1.29, 1.82) is 0 Å². The molecule has 4 heteroatoms. The van der Waals surface area contributed by atoms with Crippen LogP contribution in [0.25, 0.3) is 10.8 Å². The molecule has 1 unspecified atom stereocenters. The maximum absolute atomic E-state index is 13.2. The third-order valence-electron chi connectivity index (χ3n) is 5.76. The molecule has 1 amide bonds. The largest absolute Gasteiger partial charge is 0.378 e. The lowest BCUT2D eigenvalue weighted by Gasteiger charge is -2.32. The summed E-state index contributed by atoms with van der Waals surface area (Å²) < 4.78 is 0. The number of fused-ring (bicyclic) bond motifs is 1. The molecule has 0 radical (unpaired) electrons. The van der Waals surface area contributed by atoms with Gasteiger partial charge in [0.25, 0.3) is 5.91 Å². The zero-order valence-corrected chi connectivity index (χ0v) is 18.5. The first-order chi connectivity index (χ1) is 15.3. The number of ketones is 1. The monoisotopic (exact) mass is 425 g/mol. The number of hydrogen-bond donors (Lipinski definition) is 1. The van der Waals surface area contributed by atoms with Crippen molar-refractivity contribution >= 4 is 22.5 Å². The molecule has 4 nitrogen and oxygen atoms in total. The van der Waals surface area contributed by atoms with Crippen LogP contribution < -0.4 is 0 Å². The van der Waals surface area contributed by atoms with Gasteiger partial charge in [0.05, 0.1) is 0 Å². The molecular weight excluding hydrogens is 398 g/mol. The van der Waals surface area contributed by atoms with Gasteiger partial charge in [0.2, 0.25) is 0 Å². The predicted molar refractivity (Wildman–Crippen MR) is 127 cm³/mol. The Morgan fingerprint density at radius 2 is 1.66 bits per heavy atom. The van der Waals surface area contributed by atoms with Gasteiger partial charge in [-0.15, -0.1) is 0 Å². The highest BCUT2D eigenvalue weighted by atomic mass is 16.3. The van der Waals surface area contributed by atoms with Crippen LogP contribution in [-0.2, 0) is 0 Å². The third kappa shape index (κ3) is 5.07. The smallest absolute Gasteiger partial charge is 0.253 e. The van der Waals surface area contributed by atoms with Crippen molar-refractivity contribution in [1.82, 2.24) is 4.90 Å². The second-order valence-corrected chi connectivity index (χ2v) is 8.90. The van der Waals surface area contributed by atoms with Gasteiger partial charge in [-0.25, -0.2) is 0 Å². The van der Waals surface area contributed by atoms with Crippen molar-refractivity contribution in [2.24, 2.45) is 5.92 Å². The zero-order chi connectivity index (χ0) is 22.7. The number of piperidine rings is 1. The molecule has 1 atom stereocenters. The summed E-state index contributed by atoms with van der Waals surface area (Å²) in [7, 11) is 0. The van der Waals surface area contributed by atoms with Gasteiger partial charge < -0.3 is 10.0 Å². The van der Waals surface area contributed by atoms with E-state index in [0.717, 1.165) is 29.2 Å². The Hall–Kier alpha value is -3.42. The van der Waals surface area contributed by atoms with E-state index in [4.69, 9.17) is 0 Å². The molecule has 0 saturated carbocycles. The summed E-state index contributed by atoms with van der Waals surface area (Å²) in [5.74, 6) is 5.53. The van der Waals surface area contributed by atoms with Crippen LogP contribution in [0.2, 0.25) is 0 Å². The Balaban J connectivity index is 1.46. The van der Waals surface area contributed by atoms with E-state index >= 15 is 0 Å². The van der Waals surface area contributed by atoms with Gasteiger partial charge in [0.15, 0.2) is 5.78 Å². The summed E-state index contributed by atoms with van der Waals surface area (Å²) in [5.41, 5.74) is 0.969. The quantitative estimate of drug-likeness (QED) is 0.489. The predicted octanol–water partition coefficient (Wildman–Crippen LogP) is 4.70. The van der Waals surface area contributed by atoms with Crippen molar-refractivity contribution in [3.05, 3.63) is 83.4 Å². The first-order valence-electron chi connectivity index (χ1n) is 11.0. The molecule has 32 heavy (non-hydrogen) atoms. The molecule has 1 saturated heterocycles. The molecule has 0 bridgehead atoms. The van der Waals surface area contributed by atoms with Crippen LogP contribution in [0.15, 0.2) is 66.7 Å². The first kappa shape index (κ1) is 21.8. The van der Waals surface area contributed by atoms with Crippen LogP contribution in [0.1, 0.15) is 53.0 Å². The standard InChI is InChI=1S/C28H27NO3/c1-28(2,32)16-15-20-9-11-22(12-10-20)27(31)29-17-5-8-25(19-29)26(30)24-14-13-21-6-3-4-7-23(21)18-24/h3-4,6-7,9-14,18,25,32H,5,8,17,19H2,1-2H3. The summed E-state index contributed by atoms with van der Waals surface area (Å²) in [6, 6.07) is 20.9. The molecule has 3 aromatic rings. The van der Waals surface area contributed by atoms with Gasteiger partial charge in [0.1, 0.15) is 5.60 Å². The average molecular weight is 426 g/mol. The van der Waals surface area contributed by atoms with Crippen LogP contribution in [0.3, 0.4) is 0 Å².